The Morgan fingerprint density at radius 2 is 1.90 bits per heavy atom. The third kappa shape index (κ3) is 2.83. The molecule has 3 nitrogen and oxygen atoms in total. The van der Waals surface area contributed by atoms with Crippen molar-refractivity contribution in [2.75, 3.05) is 11.4 Å². The van der Waals surface area contributed by atoms with Crippen LogP contribution in [0.3, 0.4) is 0 Å². The predicted octanol–water partition coefficient (Wildman–Crippen LogP) is 3.50. The van der Waals surface area contributed by atoms with Crippen LogP contribution in [0.4, 0.5) is 5.69 Å². The molecule has 1 aliphatic heterocycles. The summed E-state index contributed by atoms with van der Waals surface area (Å²) in [6.45, 7) is 0.0518. The van der Waals surface area contributed by atoms with E-state index in [4.69, 9.17) is 11.6 Å². The summed E-state index contributed by atoms with van der Waals surface area (Å²) in [5, 5.41) is 0.520. The van der Waals surface area contributed by atoms with E-state index < -0.39 is 0 Å². The van der Waals surface area contributed by atoms with E-state index in [0.29, 0.717) is 17.0 Å². The molecule has 1 aliphatic rings. The lowest BCUT2D eigenvalue weighted by molar-refractivity contribution is -0.118. The molecule has 0 bridgehead atoms. The molecule has 2 aromatic rings. The molecule has 2 aromatic carbocycles. The molecule has 1 amide bonds. The summed E-state index contributed by atoms with van der Waals surface area (Å²) >= 11 is 5.91. The number of amides is 1. The molecule has 0 atom stereocenters. The van der Waals surface area contributed by atoms with Gasteiger partial charge in [-0.1, -0.05) is 41.9 Å². The number of hydrogen-bond donors (Lipinski definition) is 0. The maximum absolute atomic E-state index is 12.4. The average molecular weight is 300 g/mol. The number of fused-ring (bicyclic) bond motifs is 1. The minimum absolute atomic E-state index is 0.0101. The molecule has 106 valence electrons. The van der Waals surface area contributed by atoms with Gasteiger partial charge in [0.15, 0.2) is 5.78 Å². The zero-order valence-corrected chi connectivity index (χ0v) is 12.1. The molecule has 0 aromatic heterocycles. The highest BCUT2D eigenvalue weighted by molar-refractivity contribution is 6.31. The molecule has 0 spiro atoms. The van der Waals surface area contributed by atoms with Crippen LogP contribution in [0, 0.1) is 0 Å². The fraction of sp³-hybridized carbons (Fsp3) is 0.176. The zero-order valence-electron chi connectivity index (χ0n) is 11.4. The Hall–Kier alpha value is -2.13. The van der Waals surface area contributed by atoms with Gasteiger partial charge in [-0.2, -0.15) is 0 Å². The first-order valence-electron chi connectivity index (χ1n) is 6.82. The van der Waals surface area contributed by atoms with Crippen LogP contribution >= 0.6 is 11.6 Å². The van der Waals surface area contributed by atoms with Gasteiger partial charge in [0, 0.05) is 22.7 Å². The van der Waals surface area contributed by atoms with Crippen LogP contribution in [0.5, 0.6) is 0 Å². The molecule has 0 aliphatic carbocycles. The molecule has 0 radical (unpaired) electrons. The molecule has 0 saturated carbocycles. The van der Waals surface area contributed by atoms with Gasteiger partial charge in [0.2, 0.25) is 5.91 Å². The average Bonchev–Trinajstić information content (AvgIpc) is 2.50. The Morgan fingerprint density at radius 3 is 2.71 bits per heavy atom. The second kappa shape index (κ2) is 5.70. The summed E-state index contributed by atoms with van der Waals surface area (Å²) in [7, 11) is 0. The fourth-order valence-corrected chi connectivity index (χ4v) is 2.76. The summed E-state index contributed by atoms with van der Waals surface area (Å²) in [5.41, 5.74) is 2.47. The second-order valence-corrected chi connectivity index (χ2v) is 5.48. The molecule has 0 saturated heterocycles. The van der Waals surface area contributed by atoms with Gasteiger partial charge in [-0.3, -0.25) is 9.59 Å². The summed E-state index contributed by atoms with van der Waals surface area (Å²) in [6, 6.07) is 14.5. The molecule has 0 N–H and O–H groups in total. The SMILES string of the molecule is O=C(CN1C(=O)CCc2ccccc21)c1cccc(Cl)c1. The lowest BCUT2D eigenvalue weighted by Gasteiger charge is -2.28. The highest BCUT2D eigenvalue weighted by atomic mass is 35.5. The van der Waals surface area contributed by atoms with Crippen molar-refractivity contribution in [2.24, 2.45) is 0 Å². The van der Waals surface area contributed by atoms with E-state index in [1.807, 2.05) is 24.3 Å². The number of hydrogen-bond acceptors (Lipinski definition) is 2. The smallest absolute Gasteiger partial charge is 0.227 e. The van der Waals surface area contributed by atoms with Gasteiger partial charge in [-0.05, 0) is 30.2 Å². The number of carbonyl (C=O) groups is 2. The van der Waals surface area contributed by atoms with Gasteiger partial charge in [-0.15, -0.1) is 0 Å². The fourth-order valence-electron chi connectivity index (χ4n) is 2.57. The van der Waals surface area contributed by atoms with E-state index in [9.17, 15) is 9.59 Å². The quantitative estimate of drug-likeness (QED) is 0.813. The van der Waals surface area contributed by atoms with Crippen molar-refractivity contribution in [1.82, 2.24) is 0 Å². The first kappa shape index (κ1) is 13.8. The molecule has 0 fully saturated rings. The maximum atomic E-state index is 12.4. The van der Waals surface area contributed by atoms with Gasteiger partial charge in [0.1, 0.15) is 0 Å². The first-order chi connectivity index (χ1) is 10.1. The summed E-state index contributed by atoms with van der Waals surface area (Å²) in [4.78, 5) is 26.1. The predicted molar refractivity (Wildman–Crippen MR) is 82.9 cm³/mol. The van der Waals surface area contributed by atoms with E-state index >= 15 is 0 Å². The van der Waals surface area contributed by atoms with E-state index in [-0.39, 0.29) is 18.2 Å². The minimum Gasteiger partial charge on any atom is -0.304 e. The van der Waals surface area contributed by atoms with E-state index in [0.717, 1.165) is 17.7 Å². The monoisotopic (exact) mass is 299 g/mol. The molecule has 3 rings (SSSR count). The molecule has 1 heterocycles. The number of nitrogens with zero attached hydrogens (tertiary/aromatic N) is 1. The summed E-state index contributed by atoms with van der Waals surface area (Å²) in [5.74, 6) is -0.119. The van der Waals surface area contributed by atoms with Crippen molar-refractivity contribution in [1.29, 1.82) is 0 Å². The lowest BCUT2D eigenvalue weighted by Crippen LogP contribution is -2.39. The van der Waals surface area contributed by atoms with Crippen molar-refractivity contribution >= 4 is 29.0 Å². The highest BCUT2D eigenvalue weighted by Crippen LogP contribution is 2.27. The first-order valence-corrected chi connectivity index (χ1v) is 7.20. The topological polar surface area (TPSA) is 37.4 Å². The van der Waals surface area contributed by atoms with Gasteiger partial charge < -0.3 is 4.90 Å². The Balaban J connectivity index is 1.87. The summed E-state index contributed by atoms with van der Waals surface area (Å²) in [6.07, 6.45) is 1.18. The molecule has 21 heavy (non-hydrogen) atoms. The number of rotatable bonds is 3. The number of benzene rings is 2. The molecule has 4 heteroatoms. The number of ketones is 1. The van der Waals surface area contributed by atoms with Crippen LogP contribution in [0.2, 0.25) is 5.02 Å². The Kier molecular flexibility index (Phi) is 3.76. The Morgan fingerprint density at radius 1 is 1.10 bits per heavy atom. The van der Waals surface area contributed by atoms with Crippen LogP contribution in [0.25, 0.3) is 0 Å². The van der Waals surface area contributed by atoms with Crippen molar-refractivity contribution in [3.63, 3.8) is 0 Å². The van der Waals surface area contributed by atoms with Crippen LogP contribution < -0.4 is 4.90 Å². The van der Waals surface area contributed by atoms with Crippen LogP contribution in [0.15, 0.2) is 48.5 Å². The largest absolute Gasteiger partial charge is 0.304 e. The van der Waals surface area contributed by atoms with E-state index in [2.05, 4.69) is 0 Å². The van der Waals surface area contributed by atoms with Crippen LogP contribution in [-0.4, -0.2) is 18.2 Å². The maximum Gasteiger partial charge on any atom is 0.227 e. The minimum atomic E-state index is -0.109. The van der Waals surface area contributed by atoms with Gasteiger partial charge in [-0.25, -0.2) is 0 Å². The second-order valence-electron chi connectivity index (χ2n) is 5.04. The molecular formula is C17H14ClNO2. The third-order valence-electron chi connectivity index (χ3n) is 3.64. The molecular weight excluding hydrogens is 286 g/mol. The summed E-state index contributed by atoms with van der Waals surface area (Å²) < 4.78 is 0. The van der Waals surface area contributed by atoms with Gasteiger partial charge in [0.25, 0.3) is 0 Å². The normalized spacial score (nSPS) is 14.0. The van der Waals surface area contributed by atoms with Crippen molar-refractivity contribution in [2.45, 2.75) is 12.8 Å². The van der Waals surface area contributed by atoms with Gasteiger partial charge in [0.05, 0.1) is 6.54 Å². The van der Waals surface area contributed by atoms with E-state index in [1.165, 1.54) is 0 Å². The molecule has 0 unspecified atom stereocenters. The van der Waals surface area contributed by atoms with Crippen molar-refractivity contribution < 1.29 is 9.59 Å². The lowest BCUT2D eigenvalue weighted by atomic mass is 10.0. The Labute approximate surface area is 128 Å². The number of para-hydroxylation sites is 1. The van der Waals surface area contributed by atoms with Crippen LogP contribution in [-0.2, 0) is 11.2 Å². The van der Waals surface area contributed by atoms with Crippen LogP contribution in [0.1, 0.15) is 22.3 Å². The van der Waals surface area contributed by atoms with Gasteiger partial charge >= 0.3 is 0 Å². The number of aryl methyl sites for hydroxylation is 1. The Bertz CT molecular complexity index is 711. The number of halogens is 1. The standard InChI is InChI=1S/C17H14ClNO2/c18-14-6-3-5-13(10-14)16(20)11-19-15-7-2-1-4-12(15)8-9-17(19)21/h1-7,10H,8-9,11H2. The van der Waals surface area contributed by atoms with Crippen molar-refractivity contribution in [3.8, 4) is 0 Å². The number of Topliss-reactive ketones (excluding diaryl/α,β-unsaturated/α-hetero) is 1. The zero-order chi connectivity index (χ0) is 14.8. The van der Waals surface area contributed by atoms with E-state index in [1.54, 1.807) is 29.2 Å². The number of carbonyl (C=O) groups excluding carboxylic acids is 2. The third-order valence-corrected chi connectivity index (χ3v) is 3.88. The van der Waals surface area contributed by atoms with Crippen molar-refractivity contribution in [3.05, 3.63) is 64.7 Å². The highest BCUT2D eigenvalue weighted by Gasteiger charge is 2.25. The number of anilines is 1.